The van der Waals surface area contributed by atoms with Crippen LogP contribution in [0.3, 0.4) is 0 Å². The van der Waals surface area contributed by atoms with Crippen molar-refractivity contribution in [2.75, 3.05) is 6.54 Å². The van der Waals surface area contributed by atoms with Crippen LogP contribution >= 0.6 is 0 Å². The number of sulfonamides is 1. The highest BCUT2D eigenvalue weighted by Gasteiger charge is 2.19. The number of nitrogens with one attached hydrogen (secondary N) is 1. The largest absolute Gasteiger partial charge is 0.478 e. The fraction of sp³-hybridized carbons (Fsp3) is 0.500. The van der Waals surface area contributed by atoms with Gasteiger partial charge in [-0.1, -0.05) is 32.9 Å². The summed E-state index contributed by atoms with van der Waals surface area (Å²) >= 11 is 0. The highest BCUT2D eigenvalue weighted by Crippen LogP contribution is 2.18. The van der Waals surface area contributed by atoms with Gasteiger partial charge in [0.25, 0.3) is 0 Å². The molecule has 0 aliphatic rings. The van der Waals surface area contributed by atoms with Crippen LogP contribution in [0.1, 0.15) is 43.1 Å². The molecule has 0 unspecified atom stereocenters. The Morgan fingerprint density at radius 1 is 1.35 bits per heavy atom. The van der Waals surface area contributed by atoms with Crippen molar-refractivity contribution in [3.8, 4) is 0 Å². The smallest absolute Gasteiger partial charge is 0.335 e. The maximum absolute atomic E-state index is 12.0. The highest BCUT2D eigenvalue weighted by atomic mass is 32.2. The molecule has 0 atom stereocenters. The Morgan fingerprint density at radius 2 is 2.00 bits per heavy atom. The Kier molecular flexibility index (Phi) is 5.30. The summed E-state index contributed by atoms with van der Waals surface area (Å²) in [5.74, 6) is -1.28. The number of hydrogen-bond acceptors (Lipinski definition) is 3. The van der Waals surface area contributed by atoms with Gasteiger partial charge in [-0.15, -0.1) is 0 Å². The van der Waals surface area contributed by atoms with E-state index < -0.39 is 16.0 Å². The first kappa shape index (κ1) is 16.7. The number of carbonyl (C=O) groups is 1. The third kappa shape index (κ3) is 5.30. The Morgan fingerprint density at radius 3 is 2.55 bits per heavy atom. The van der Waals surface area contributed by atoms with Crippen LogP contribution in [0, 0.1) is 5.41 Å². The molecule has 1 rings (SSSR count). The lowest BCUT2D eigenvalue weighted by Crippen LogP contribution is -2.34. The molecule has 20 heavy (non-hydrogen) atoms. The molecule has 0 heterocycles. The number of carboxylic acid groups (broad SMARTS) is 1. The Bertz CT molecular complexity index is 579. The van der Waals surface area contributed by atoms with E-state index in [0.29, 0.717) is 12.1 Å². The summed E-state index contributed by atoms with van der Waals surface area (Å²) in [5, 5.41) is 8.88. The minimum Gasteiger partial charge on any atom is -0.478 e. The van der Waals surface area contributed by atoms with Crippen LogP contribution in [0.25, 0.3) is 0 Å². The zero-order chi connectivity index (χ0) is 15.4. The van der Waals surface area contributed by atoms with Crippen LogP contribution < -0.4 is 4.72 Å². The zero-order valence-corrected chi connectivity index (χ0v) is 12.8. The van der Waals surface area contributed by atoms with Gasteiger partial charge in [0, 0.05) is 6.54 Å². The Hall–Kier alpha value is -1.40. The molecular weight excluding hydrogens is 278 g/mol. The average molecular weight is 299 g/mol. The molecule has 1 aromatic rings. The van der Waals surface area contributed by atoms with Crippen molar-refractivity contribution in [1.82, 2.24) is 4.72 Å². The second-order valence-electron chi connectivity index (χ2n) is 5.60. The van der Waals surface area contributed by atoms with Gasteiger partial charge < -0.3 is 5.11 Å². The molecule has 112 valence electrons. The van der Waals surface area contributed by atoms with Gasteiger partial charge in [0.15, 0.2) is 0 Å². The molecule has 0 aliphatic heterocycles. The second kappa shape index (κ2) is 6.37. The van der Waals surface area contributed by atoms with E-state index in [4.69, 9.17) is 5.11 Å². The SMILES string of the molecule is CCC(C)(C)CNS(=O)(=O)Cc1cccc(C(=O)O)c1. The van der Waals surface area contributed by atoms with Crippen LogP contribution in [-0.2, 0) is 15.8 Å². The molecule has 0 amide bonds. The van der Waals surface area contributed by atoms with Crippen molar-refractivity contribution in [3.05, 3.63) is 35.4 Å². The molecule has 0 fully saturated rings. The van der Waals surface area contributed by atoms with E-state index in [1.807, 2.05) is 20.8 Å². The van der Waals surface area contributed by atoms with Crippen molar-refractivity contribution in [1.29, 1.82) is 0 Å². The highest BCUT2D eigenvalue weighted by molar-refractivity contribution is 7.88. The van der Waals surface area contributed by atoms with Crippen LogP contribution in [0.5, 0.6) is 0 Å². The first-order chi connectivity index (χ1) is 9.15. The molecule has 1 aromatic carbocycles. The summed E-state index contributed by atoms with van der Waals surface area (Å²) in [6, 6.07) is 5.97. The van der Waals surface area contributed by atoms with Crippen molar-refractivity contribution in [3.63, 3.8) is 0 Å². The molecule has 6 heteroatoms. The first-order valence-electron chi connectivity index (χ1n) is 6.45. The number of rotatable bonds is 7. The molecule has 0 bridgehead atoms. The maximum Gasteiger partial charge on any atom is 0.335 e. The molecule has 0 saturated carbocycles. The normalized spacial score (nSPS) is 12.3. The standard InChI is InChI=1S/C14H21NO4S/c1-4-14(2,3)10-15-20(18,19)9-11-6-5-7-12(8-11)13(16)17/h5-8,15H,4,9-10H2,1-3H3,(H,16,17). The lowest BCUT2D eigenvalue weighted by molar-refractivity contribution is 0.0696. The van der Waals surface area contributed by atoms with E-state index in [9.17, 15) is 13.2 Å². The third-order valence-electron chi connectivity index (χ3n) is 3.26. The average Bonchev–Trinajstić information content (AvgIpc) is 2.36. The predicted octanol–water partition coefficient (Wildman–Crippen LogP) is 2.24. The van der Waals surface area contributed by atoms with E-state index >= 15 is 0 Å². The number of hydrogen-bond donors (Lipinski definition) is 2. The van der Waals surface area contributed by atoms with Gasteiger partial charge in [-0.3, -0.25) is 0 Å². The molecule has 0 radical (unpaired) electrons. The van der Waals surface area contributed by atoms with Gasteiger partial charge in [-0.05, 0) is 29.5 Å². The summed E-state index contributed by atoms with van der Waals surface area (Å²) in [6.45, 7) is 6.34. The van der Waals surface area contributed by atoms with E-state index in [1.165, 1.54) is 12.1 Å². The van der Waals surface area contributed by atoms with Crippen molar-refractivity contribution in [2.45, 2.75) is 32.9 Å². The topological polar surface area (TPSA) is 83.5 Å². The van der Waals surface area contributed by atoms with E-state index in [0.717, 1.165) is 6.42 Å². The summed E-state index contributed by atoms with van der Waals surface area (Å²) < 4.78 is 26.5. The van der Waals surface area contributed by atoms with Crippen LogP contribution in [0.15, 0.2) is 24.3 Å². The molecule has 0 saturated heterocycles. The van der Waals surface area contributed by atoms with Gasteiger partial charge >= 0.3 is 5.97 Å². The van der Waals surface area contributed by atoms with Crippen molar-refractivity contribution >= 4 is 16.0 Å². The summed E-state index contributed by atoms with van der Waals surface area (Å²) in [6.07, 6.45) is 0.865. The summed E-state index contributed by atoms with van der Waals surface area (Å²) in [7, 11) is -3.46. The summed E-state index contributed by atoms with van der Waals surface area (Å²) in [5.41, 5.74) is 0.453. The van der Waals surface area contributed by atoms with Gasteiger partial charge in [-0.25, -0.2) is 17.9 Å². The molecule has 0 aliphatic carbocycles. The number of carboxylic acids is 1. The van der Waals surface area contributed by atoms with E-state index in [1.54, 1.807) is 12.1 Å². The Labute approximate surface area is 120 Å². The zero-order valence-electron chi connectivity index (χ0n) is 12.0. The van der Waals surface area contributed by atoms with Crippen molar-refractivity contribution in [2.24, 2.45) is 5.41 Å². The quantitative estimate of drug-likeness (QED) is 0.808. The number of benzene rings is 1. The fourth-order valence-electron chi connectivity index (χ4n) is 1.49. The molecule has 5 nitrogen and oxygen atoms in total. The van der Waals surface area contributed by atoms with Crippen LogP contribution in [-0.4, -0.2) is 26.0 Å². The second-order valence-corrected chi connectivity index (χ2v) is 7.41. The molecule has 2 N–H and O–H groups in total. The molecule has 0 spiro atoms. The third-order valence-corrected chi connectivity index (χ3v) is 4.56. The maximum atomic E-state index is 12.0. The van der Waals surface area contributed by atoms with Gasteiger partial charge in [0.1, 0.15) is 0 Å². The minimum absolute atomic E-state index is 0.0894. The monoisotopic (exact) mass is 299 g/mol. The first-order valence-corrected chi connectivity index (χ1v) is 8.10. The fourth-order valence-corrected chi connectivity index (χ4v) is 2.83. The lowest BCUT2D eigenvalue weighted by atomic mass is 9.91. The lowest BCUT2D eigenvalue weighted by Gasteiger charge is -2.22. The van der Waals surface area contributed by atoms with E-state index in [-0.39, 0.29) is 16.7 Å². The van der Waals surface area contributed by atoms with Crippen LogP contribution in [0.4, 0.5) is 0 Å². The van der Waals surface area contributed by atoms with Crippen molar-refractivity contribution < 1.29 is 18.3 Å². The van der Waals surface area contributed by atoms with Gasteiger partial charge in [0.2, 0.25) is 10.0 Å². The summed E-state index contributed by atoms with van der Waals surface area (Å²) in [4.78, 5) is 10.8. The van der Waals surface area contributed by atoms with Gasteiger partial charge in [0.05, 0.1) is 11.3 Å². The number of aromatic carboxylic acids is 1. The Balaban J connectivity index is 2.76. The molecule has 0 aromatic heterocycles. The predicted molar refractivity (Wildman–Crippen MR) is 78.1 cm³/mol. The van der Waals surface area contributed by atoms with Gasteiger partial charge in [-0.2, -0.15) is 0 Å². The molecular formula is C14H21NO4S. The minimum atomic E-state index is -3.46. The van der Waals surface area contributed by atoms with Crippen LogP contribution in [0.2, 0.25) is 0 Å². The van der Waals surface area contributed by atoms with E-state index in [2.05, 4.69) is 4.72 Å².